The van der Waals surface area contributed by atoms with Gasteiger partial charge in [0.05, 0.1) is 6.10 Å². The van der Waals surface area contributed by atoms with Gasteiger partial charge in [-0.1, -0.05) is 19.9 Å². The van der Waals surface area contributed by atoms with E-state index in [1.54, 1.807) is 0 Å². The van der Waals surface area contributed by atoms with E-state index < -0.39 is 0 Å². The summed E-state index contributed by atoms with van der Waals surface area (Å²) in [6.07, 6.45) is 2.60. The molecular weight excluding hydrogens is 222 g/mol. The molecule has 2 rings (SSSR count). The summed E-state index contributed by atoms with van der Waals surface area (Å²) in [5.74, 6) is 1.68. The Labute approximate surface area is 111 Å². The van der Waals surface area contributed by atoms with Crippen LogP contribution in [0.2, 0.25) is 0 Å². The van der Waals surface area contributed by atoms with E-state index in [0.29, 0.717) is 12.0 Å². The van der Waals surface area contributed by atoms with Crippen LogP contribution in [0.15, 0.2) is 18.2 Å². The third-order valence-corrected chi connectivity index (χ3v) is 3.55. The highest BCUT2D eigenvalue weighted by Crippen LogP contribution is 2.37. The first-order valence-corrected chi connectivity index (χ1v) is 7.14. The lowest BCUT2D eigenvalue weighted by molar-refractivity contribution is 0.242. The molecule has 0 spiro atoms. The number of nitrogens with one attached hydrogen (secondary N) is 1. The number of ether oxygens (including phenoxy) is 1. The maximum absolute atomic E-state index is 5.80. The lowest BCUT2D eigenvalue weighted by atomic mass is 10.0. The van der Waals surface area contributed by atoms with E-state index in [9.17, 15) is 0 Å². The van der Waals surface area contributed by atoms with Crippen molar-refractivity contribution in [2.24, 2.45) is 5.92 Å². The fourth-order valence-electron chi connectivity index (χ4n) is 2.78. The largest absolute Gasteiger partial charge is 0.491 e. The first-order chi connectivity index (χ1) is 8.61. The van der Waals surface area contributed by atoms with Gasteiger partial charge in [0, 0.05) is 6.04 Å². The van der Waals surface area contributed by atoms with Gasteiger partial charge < -0.3 is 10.1 Å². The maximum atomic E-state index is 5.80. The van der Waals surface area contributed by atoms with Gasteiger partial charge >= 0.3 is 0 Å². The SMILES string of the molecule is CCCNC1c2cc(OC(C)C)ccc2CC1C. The van der Waals surface area contributed by atoms with E-state index in [1.807, 2.05) is 0 Å². The Kier molecular flexibility index (Phi) is 4.28. The van der Waals surface area contributed by atoms with E-state index in [4.69, 9.17) is 4.74 Å². The molecule has 0 aromatic heterocycles. The van der Waals surface area contributed by atoms with Gasteiger partial charge in [0.2, 0.25) is 0 Å². The molecule has 0 saturated carbocycles. The van der Waals surface area contributed by atoms with Gasteiger partial charge in [0.15, 0.2) is 0 Å². The van der Waals surface area contributed by atoms with Crippen molar-refractivity contribution in [2.45, 2.75) is 52.7 Å². The highest BCUT2D eigenvalue weighted by atomic mass is 16.5. The summed E-state index contributed by atoms with van der Waals surface area (Å²) in [7, 11) is 0. The van der Waals surface area contributed by atoms with Crippen molar-refractivity contribution in [3.63, 3.8) is 0 Å². The average molecular weight is 247 g/mol. The molecule has 2 atom stereocenters. The minimum absolute atomic E-state index is 0.240. The predicted octanol–water partition coefficient (Wildman–Crippen LogP) is 3.71. The molecule has 18 heavy (non-hydrogen) atoms. The van der Waals surface area contributed by atoms with Crippen molar-refractivity contribution in [1.29, 1.82) is 0 Å². The highest BCUT2D eigenvalue weighted by molar-refractivity contribution is 5.41. The second-order valence-corrected chi connectivity index (χ2v) is 5.64. The summed E-state index contributed by atoms with van der Waals surface area (Å²) in [4.78, 5) is 0. The predicted molar refractivity (Wildman–Crippen MR) is 76.1 cm³/mol. The summed E-state index contributed by atoms with van der Waals surface area (Å²) < 4.78 is 5.80. The van der Waals surface area contributed by atoms with Gasteiger partial charge in [-0.15, -0.1) is 0 Å². The highest BCUT2D eigenvalue weighted by Gasteiger charge is 2.29. The van der Waals surface area contributed by atoms with E-state index >= 15 is 0 Å². The molecule has 0 bridgehead atoms. The fourth-order valence-corrected chi connectivity index (χ4v) is 2.78. The number of rotatable bonds is 5. The third kappa shape index (κ3) is 2.86. The number of fused-ring (bicyclic) bond motifs is 1. The molecule has 0 fully saturated rings. The molecule has 0 heterocycles. The third-order valence-electron chi connectivity index (χ3n) is 3.55. The van der Waals surface area contributed by atoms with Gasteiger partial charge in [0.1, 0.15) is 5.75 Å². The topological polar surface area (TPSA) is 21.3 Å². The zero-order valence-corrected chi connectivity index (χ0v) is 12.0. The molecule has 100 valence electrons. The van der Waals surface area contributed by atoms with E-state index in [-0.39, 0.29) is 6.10 Å². The Bertz CT molecular complexity index is 400. The summed E-state index contributed by atoms with van der Waals surface area (Å²) in [6, 6.07) is 7.06. The van der Waals surface area contributed by atoms with Crippen molar-refractivity contribution in [2.75, 3.05) is 6.54 Å². The van der Waals surface area contributed by atoms with Gasteiger partial charge in [-0.3, -0.25) is 0 Å². The smallest absolute Gasteiger partial charge is 0.120 e. The molecule has 0 radical (unpaired) electrons. The van der Waals surface area contributed by atoms with Gasteiger partial charge in [-0.25, -0.2) is 0 Å². The first-order valence-electron chi connectivity index (χ1n) is 7.14. The first kappa shape index (κ1) is 13.4. The van der Waals surface area contributed by atoms with Crippen LogP contribution in [-0.4, -0.2) is 12.6 Å². The van der Waals surface area contributed by atoms with Gasteiger partial charge in [-0.05, 0) is 62.4 Å². The molecule has 1 aromatic carbocycles. The lowest BCUT2D eigenvalue weighted by Crippen LogP contribution is -2.24. The standard InChI is InChI=1S/C16H25NO/c1-5-8-17-16-12(4)9-13-6-7-14(10-15(13)16)18-11(2)3/h6-7,10-12,16-17H,5,8-9H2,1-4H3. The van der Waals surface area contributed by atoms with Crippen molar-refractivity contribution >= 4 is 0 Å². The second kappa shape index (κ2) is 5.75. The normalized spacial score (nSPS) is 22.3. The average Bonchev–Trinajstić information content (AvgIpc) is 2.61. The molecule has 1 aliphatic rings. The van der Waals surface area contributed by atoms with E-state index in [2.05, 4.69) is 51.2 Å². The zero-order chi connectivity index (χ0) is 13.1. The van der Waals surface area contributed by atoms with Crippen LogP contribution in [0.5, 0.6) is 5.75 Å². The molecule has 0 amide bonds. The Morgan fingerprint density at radius 2 is 2.17 bits per heavy atom. The molecule has 1 N–H and O–H groups in total. The monoisotopic (exact) mass is 247 g/mol. The van der Waals surface area contributed by atoms with Crippen LogP contribution in [0.3, 0.4) is 0 Å². The molecule has 2 nitrogen and oxygen atoms in total. The van der Waals surface area contributed by atoms with Crippen LogP contribution >= 0.6 is 0 Å². The van der Waals surface area contributed by atoms with Crippen molar-refractivity contribution in [3.8, 4) is 5.75 Å². The Hall–Kier alpha value is -1.02. The summed E-state index contributed by atoms with van der Waals surface area (Å²) >= 11 is 0. The molecule has 1 aliphatic carbocycles. The Morgan fingerprint density at radius 3 is 2.83 bits per heavy atom. The zero-order valence-electron chi connectivity index (χ0n) is 12.0. The molecule has 0 saturated heterocycles. The molecule has 2 heteroatoms. The maximum Gasteiger partial charge on any atom is 0.120 e. The molecule has 1 aromatic rings. The molecule has 0 aliphatic heterocycles. The van der Waals surface area contributed by atoms with Crippen molar-refractivity contribution in [3.05, 3.63) is 29.3 Å². The minimum Gasteiger partial charge on any atom is -0.491 e. The van der Waals surface area contributed by atoms with Crippen LogP contribution in [0, 0.1) is 5.92 Å². The van der Waals surface area contributed by atoms with Crippen LogP contribution in [0.25, 0.3) is 0 Å². The Balaban J connectivity index is 2.19. The number of hydrogen-bond acceptors (Lipinski definition) is 2. The van der Waals surface area contributed by atoms with Crippen LogP contribution in [0.4, 0.5) is 0 Å². The minimum atomic E-state index is 0.240. The van der Waals surface area contributed by atoms with Crippen LogP contribution < -0.4 is 10.1 Å². The summed E-state index contributed by atoms with van der Waals surface area (Å²) in [6.45, 7) is 9.77. The van der Waals surface area contributed by atoms with Gasteiger partial charge in [-0.2, -0.15) is 0 Å². The van der Waals surface area contributed by atoms with Gasteiger partial charge in [0.25, 0.3) is 0 Å². The second-order valence-electron chi connectivity index (χ2n) is 5.64. The number of benzene rings is 1. The van der Waals surface area contributed by atoms with Crippen LogP contribution in [0.1, 0.15) is 51.3 Å². The quantitative estimate of drug-likeness (QED) is 0.856. The van der Waals surface area contributed by atoms with E-state index in [0.717, 1.165) is 12.3 Å². The van der Waals surface area contributed by atoms with Crippen molar-refractivity contribution < 1.29 is 4.74 Å². The lowest BCUT2D eigenvalue weighted by Gasteiger charge is -2.19. The summed E-state index contributed by atoms with van der Waals surface area (Å²) in [5, 5.41) is 3.66. The molecule has 2 unspecified atom stereocenters. The Morgan fingerprint density at radius 1 is 1.39 bits per heavy atom. The van der Waals surface area contributed by atoms with Crippen LogP contribution in [-0.2, 0) is 6.42 Å². The van der Waals surface area contributed by atoms with E-state index in [1.165, 1.54) is 24.0 Å². The van der Waals surface area contributed by atoms with Crippen molar-refractivity contribution in [1.82, 2.24) is 5.32 Å². The summed E-state index contributed by atoms with van der Waals surface area (Å²) in [5.41, 5.74) is 2.92. The number of hydrogen-bond donors (Lipinski definition) is 1. The fraction of sp³-hybridized carbons (Fsp3) is 0.625. The molecular formula is C16H25NO.